The van der Waals surface area contributed by atoms with Crippen molar-refractivity contribution in [2.45, 2.75) is 39.7 Å². The normalized spacial score (nSPS) is 14.0. The predicted octanol–water partition coefficient (Wildman–Crippen LogP) is 1.76. The van der Waals surface area contributed by atoms with Crippen molar-refractivity contribution in [2.24, 2.45) is 0 Å². The molecule has 1 amide bonds. The monoisotopic (exact) mass is 292 g/mol. The molecule has 114 valence electrons. The Hall–Kier alpha value is -2.08. The first kappa shape index (κ1) is 15.3. The van der Waals surface area contributed by atoms with Crippen molar-refractivity contribution in [3.8, 4) is 0 Å². The number of nitrogens with one attached hydrogen (secondary N) is 1. The Kier molecular flexibility index (Phi) is 4.18. The Morgan fingerprint density at radius 2 is 2.10 bits per heavy atom. The predicted molar refractivity (Wildman–Crippen MR) is 75.7 cm³/mol. The third kappa shape index (κ3) is 3.52. The molecule has 6 nitrogen and oxygen atoms in total. The number of nitrogens with zero attached hydrogens (tertiary/aromatic N) is 1. The summed E-state index contributed by atoms with van der Waals surface area (Å²) in [6.07, 6.45) is 0.175. The maximum Gasteiger partial charge on any atom is 0.224 e. The average molecular weight is 292 g/mol. The van der Waals surface area contributed by atoms with E-state index >= 15 is 0 Å². The molecular formula is C15H20N2O4. The van der Waals surface area contributed by atoms with Crippen LogP contribution in [0.25, 0.3) is 0 Å². The SMILES string of the molecule is Cc1ccc(C(C)(O)CNC(=O)Cc2c(C)noc2C)o1. The molecule has 2 aromatic heterocycles. The number of hydrogen-bond donors (Lipinski definition) is 2. The third-order valence-corrected chi connectivity index (χ3v) is 3.42. The van der Waals surface area contributed by atoms with Crippen LogP contribution in [0.5, 0.6) is 0 Å². The lowest BCUT2D eigenvalue weighted by molar-refractivity contribution is -0.121. The number of aromatic nitrogens is 1. The number of rotatable bonds is 5. The van der Waals surface area contributed by atoms with Crippen LogP contribution in [-0.2, 0) is 16.8 Å². The van der Waals surface area contributed by atoms with Gasteiger partial charge in [-0.3, -0.25) is 4.79 Å². The fourth-order valence-corrected chi connectivity index (χ4v) is 2.06. The molecule has 0 radical (unpaired) electrons. The van der Waals surface area contributed by atoms with Gasteiger partial charge < -0.3 is 19.4 Å². The summed E-state index contributed by atoms with van der Waals surface area (Å²) < 4.78 is 10.4. The number of aliphatic hydroxyl groups is 1. The molecule has 1 atom stereocenters. The zero-order valence-electron chi connectivity index (χ0n) is 12.7. The van der Waals surface area contributed by atoms with E-state index in [1.54, 1.807) is 39.8 Å². The van der Waals surface area contributed by atoms with Crippen LogP contribution in [0.2, 0.25) is 0 Å². The first-order valence-corrected chi connectivity index (χ1v) is 6.77. The minimum atomic E-state index is -1.25. The van der Waals surface area contributed by atoms with Crippen LogP contribution in [0.4, 0.5) is 0 Å². The summed E-state index contributed by atoms with van der Waals surface area (Å²) in [6, 6.07) is 3.48. The second-order valence-corrected chi connectivity index (χ2v) is 5.44. The smallest absolute Gasteiger partial charge is 0.224 e. The number of aryl methyl sites for hydroxylation is 3. The van der Waals surface area contributed by atoms with Crippen LogP contribution in [0.15, 0.2) is 21.1 Å². The van der Waals surface area contributed by atoms with Crippen molar-refractivity contribution < 1.29 is 18.8 Å². The molecule has 0 fully saturated rings. The van der Waals surface area contributed by atoms with Gasteiger partial charge in [-0.2, -0.15) is 0 Å². The molecule has 0 aliphatic carbocycles. The number of furan rings is 1. The van der Waals surface area contributed by atoms with Gasteiger partial charge in [-0.15, -0.1) is 0 Å². The second kappa shape index (κ2) is 5.73. The topological polar surface area (TPSA) is 88.5 Å². The molecule has 0 aliphatic heterocycles. The molecular weight excluding hydrogens is 272 g/mol. The van der Waals surface area contributed by atoms with Crippen molar-refractivity contribution in [3.05, 3.63) is 40.7 Å². The lowest BCUT2D eigenvalue weighted by Crippen LogP contribution is -2.39. The van der Waals surface area contributed by atoms with Crippen molar-refractivity contribution >= 4 is 5.91 Å². The van der Waals surface area contributed by atoms with E-state index in [1.807, 2.05) is 0 Å². The molecule has 2 rings (SSSR count). The van der Waals surface area contributed by atoms with Crippen molar-refractivity contribution in [3.63, 3.8) is 0 Å². The van der Waals surface area contributed by atoms with Crippen molar-refractivity contribution in [2.75, 3.05) is 6.54 Å². The first-order valence-electron chi connectivity index (χ1n) is 6.77. The summed E-state index contributed by atoms with van der Waals surface area (Å²) in [6.45, 7) is 7.03. The fraction of sp³-hybridized carbons (Fsp3) is 0.467. The van der Waals surface area contributed by atoms with Crippen molar-refractivity contribution in [1.29, 1.82) is 0 Å². The van der Waals surface area contributed by atoms with E-state index in [0.717, 1.165) is 5.56 Å². The maximum absolute atomic E-state index is 12.0. The van der Waals surface area contributed by atoms with Gasteiger partial charge in [0, 0.05) is 5.56 Å². The number of carbonyl (C=O) groups is 1. The van der Waals surface area contributed by atoms with Crippen LogP contribution in [0, 0.1) is 20.8 Å². The van der Waals surface area contributed by atoms with Crippen LogP contribution in [0.1, 0.15) is 35.5 Å². The van der Waals surface area contributed by atoms with Gasteiger partial charge in [-0.05, 0) is 39.8 Å². The third-order valence-electron chi connectivity index (χ3n) is 3.42. The van der Waals surface area contributed by atoms with Gasteiger partial charge in [-0.25, -0.2) is 0 Å². The lowest BCUT2D eigenvalue weighted by Gasteiger charge is -2.21. The van der Waals surface area contributed by atoms with Gasteiger partial charge in [-0.1, -0.05) is 5.16 Å². The van der Waals surface area contributed by atoms with E-state index in [4.69, 9.17) is 8.94 Å². The standard InChI is InChI=1S/C15H20N2O4/c1-9-5-6-13(20-9)15(4,19)8-16-14(18)7-12-10(2)17-21-11(12)3/h5-6,19H,7-8H2,1-4H3,(H,16,18). The Labute approximate surface area is 123 Å². The van der Waals surface area contributed by atoms with Crippen molar-refractivity contribution in [1.82, 2.24) is 10.5 Å². The summed E-state index contributed by atoms with van der Waals surface area (Å²) in [5.41, 5.74) is 0.236. The summed E-state index contributed by atoms with van der Waals surface area (Å²) in [5, 5.41) is 16.9. The average Bonchev–Trinajstić information content (AvgIpc) is 2.98. The summed E-state index contributed by atoms with van der Waals surface area (Å²) >= 11 is 0. The molecule has 2 N–H and O–H groups in total. The molecule has 2 aromatic rings. The van der Waals surface area contributed by atoms with Gasteiger partial charge in [0.2, 0.25) is 5.91 Å². The van der Waals surface area contributed by atoms with Crippen LogP contribution >= 0.6 is 0 Å². The second-order valence-electron chi connectivity index (χ2n) is 5.44. The quantitative estimate of drug-likeness (QED) is 0.876. The van der Waals surface area contributed by atoms with Crippen LogP contribution in [-0.4, -0.2) is 22.7 Å². The highest BCUT2D eigenvalue weighted by atomic mass is 16.5. The van der Waals surface area contributed by atoms with Crippen LogP contribution < -0.4 is 5.32 Å². The number of amides is 1. The van der Waals surface area contributed by atoms with E-state index in [0.29, 0.717) is 23.0 Å². The first-order chi connectivity index (χ1) is 9.79. The molecule has 0 aromatic carbocycles. The van der Waals surface area contributed by atoms with E-state index < -0.39 is 5.60 Å². The number of carbonyl (C=O) groups excluding carboxylic acids is 1. The zero-order valence-corrected chi connectivity index (χ0v) is 12.7. The molecule has 0 saturated heterocycles. The Morgan fingerprint density at radius 3 is 2.62 bits per heavy atom. The summed E-state index contributed by atoms with van der Waals surface area (Å²) in [7, 11) is 0. The summed E-state index contributed by atoms with van der Waals surface area (Å²) in [5.74, 6) is 1.58. The highest BCUT2D eigenvalue weighted by molar-refractivity contribution is 5.79. The molecule has 0 bridgehead atoms. The highest BCUT2D eigenvalue weighted by Gasteiger charge is 2.27. The molecule has 0 spiro atoms. The van der Waals surface area contributed by atoms with Gasteiger partial charge in [0.15, 0.2) is 0 Å². The minimum absolute atomic E-state index is 0.0716. The maximum atomic E-state index is 12.0. The fourth-order valence-electron chi connectivity index (χ4n) is 2.06. The minimum Gasteiger partial charge on any atom is -0.463 e. The van der Waals surface area contributed by atoms with Crippen LogP contribution in [0.3, 0.4) is 0 Å². The van der Waals surface area contributed by atoms with Gasteiger partial charge in [0.25, 0.3) is 0 Å². The van der Waals surface area contributed by atoms with Gasteiger partial charge >= 0.3 is 0 Å². The van der Waals surface area contributed by atoms with E-state index in [-0.39, 0.29) is 18.9 Å². The summed E-state index contributed by atoms with van der Waals surface area (Å²) in [4.78, 5) is 12.0. The lowest BCUT2D eigenvalue weighted by atomic mass is 10.0. The Bertz CT molecular complexity index is 620. The molecule has 0 saturated carbocycles. The molecule has 6 heteroatoms. The van der Waals surface area contributed by atoms with Gasteiger partial charge in [0.1, 0.15) is 22.9 Å². The van der Waals surface area contributed by atoms with E-state index in [9.17, 15) is 9.90 Å². The molecule has 21 heavy (non-hydrogen) atoms. The van der Waals surface area contributed by atoms with E-state index in [2.05, 4.69) is 10.5 Å². The Morgan fingerprint density at radius 1 is 1.38 bits per heavy atom. The highest BCUT2D eigenvalue weighted by Crippen LogP contribution is 2.22. The Balaban J connectivity index is 1.95. The molecule has 1 unspecified atom stereocenters. The largest absolute Gasteiger partial charge is 0.463 e. The molecule has 0 aliphatic rings. The van der Waals surface area contributed by atoms with E-state index in [1.165, 1.54) is 0 Å². The molecule has 2 heterocycles. The van der Waals surface area contributed by atoms with Gasteiger partial charge in [0.05, 0.1) is 18.7 Å². The zero-order chi connectivity index (χ0) is 15.6. The number of hydrogen-bond acceptors (Lipinski definition) is 5.